The zero-order valence-electron chi connectivity index (χ0n) is 12.0. The van der Waals surface area contributed by atoms with Crippen LogP contribution in [0.3, 0.4) is 0 Å². The zero-order chi connectivity index (χ0) is 14.5. The maximum Gasteiger partial charge on any atom is 0.309 e. The molecule has 1 fully saturated rings. The summed E-state index contributed by atoms with van der Waals surface area (Å²) in [4.78, 5) is 25.4. The lowest BCUT2D eigenvalue weighted by Gasteiger charge is -2.39. The van der Waals surface area contributed by atoms with Crippen molar-refractivity contribution < 1.29 is 14.7 Å². The van der Waals surface area contributed by atoms with Crippen molar-refractivity contribution in [1.82, 2.24) is 4.90 Å². The predicted octanol–water partition coefficient (Wildman–Crippen LogP) is 1.46. The number of carboxylic acids is 1. The summed E-state index contributed by atoms with van der Waals surface area (Å²) >= 11 is 0. The van der Waals surface area contributed by atoms with Gasteiger partial charge in [-0.2, -0.15) is 0 Å². The van der Waals surface area contributed by atoms with Crippen LogP contribution in [0.1, 0.15) is 46.0 Å². The lowest BCUT2D eigenvalue weighted by atomic mass is 9.76. The van der Waals surface area contributed by atoms with Gasteiger partial charge in [0, 0.05) is 19.6 Å². The highest BCUT2D eigenvalue weighted by Crippen LogP contribution is 2.35. The number of hydrogen-bond acceptors (Lipinski definition) is 3. The molecule has 0 radical (unpaired) electrons. The van der Waals surface area contributed by atoms with Gasteiger partial charge in [-0.3, -0.25) is 9.59 Å². The molecule has 1 aliphatic heterocycles. The average molecular weight is 270 g/mol. The number of aliphatic carboxylic acids is 1. The van der Waals surface area contributed by atoms with Gasteiger partial charge < -0.3 is 15.7 Å². The molecular formula is C14H26N2O3. The second-order valence-electron chi connectivity index (χ2n) is 5.49. The summed E-state index contributed by atoms with van der Waals surface area (Å²) in [5.74, 6) is -0.741. The van der Waals surface area contributed by atoms with Crippen LogP contribution in [0.5, 0.6) is 0 Å². The number of nitrogens with two attached hydrogens (primary N) is 1. The highest BCUT2D eigenvalue weighted by atomic mass is 16.4. The van der Waals surface area contributed by atoms with Crippen molar-refractivity contribution in [1.29, 1.82) is 0 Å². The Morgan fingerprint density at radius 3 is 2.26 bits per heavy atom. The molecule has 0 aromatic heterocycles. The van der Waals surface area contributed by atoms with Crippen LogP contribution in [0.2, 0.25) is 0 Å². The molecule has 110 valence electrons. The lowest BCUT2D eigenvalue weighted by Crippen LogP contribution is -2.48. The summed E-state index contributed by atoms with van der Waals surface area (Å²) in [6.45, 7) is 5.41. The molecular weight excluding hydrogens is 244 g/mol. The van der Waals surface area contributed by atoms with E-state index in [-0.39, 0.29) is 11.8 Å². The molecule has 0 aromatic carbocycles. The van der Waals surface area contributed by atoms with Crippen LogP contribution in [-0.2, 0) is 9.59 Å². The average Bonchev–Trinajstić information content (AvgIpc) is 2.43. The minimum atomic E-state index is -0.731. The van der Waals surface area contributed by atoms with E-state index in [1.807, 2.05) is 13.8 Å². The molecule has 0 saturated carbocycles. The van der Waals surface area contributed by atoms with E-state index in [0.717, 1.165) is 12.8 Å². The van der Waals surface area contributed by atoms with Crippen LogP contribution in [0, 0.1) is 11.3 Å². The van der Waals surface area contributed by atoms with Gasteiger partial charge in [0.05, 0.1) is 11.3 Å². The molecule has 3 N–H and O–H groups in total. The first-order valence-electron chi connectivity index (χ1n) is 7.23. The molecule has 1 heterocycles. The predicted molar refractivity (Wildman–Crippen MR) is 73.6 cm³/mol. The molecule has 1 atom stereocenters. The number of rotatable bonds is 6. The van der Waals surface area contributed by atoms with Gasteiger partial charge in [0.2, 0.25) is 5.91 Å². The van der Waals surface area contributed by atoms with E-state index >= 15 is 0 Å². The Labute approximate surface area is 115 Å². The molecule has 0 aromatic rings. The van der Waals surface area contributed by atoms with Crippen molar-refractivity contribution >= 4 is 11.9 Å². The summed E-state index contributed by atoms with van der Waals surface area (Å²) in [7, 11) is 0. The molecule has 19 heavy (non-hydrogen) atoms. The lowest BCUT2D eigenvalue weighted by molar-refractivity contribution is -0.155. The van der Waals surface area contributed by atoms with Crippen LogP contribution in [-0.4, -0.2) is 41.5 Å². The van der Waals surface area contributed by atoms with Crippen LogP contribution in [0.4, 0.5) is 0 Å². The fraction of sp³-hybridized carbons (Fsp3) is 0.857. The van der Waals surface area contributed by atoms with Crippen LogP contribution < -0.4 is 5.73 Å². The number of carboxylic acid groups (broad SMARTS) is 1. The second-order valence-corrected chi connectivity index (χ2v) is 5.49. The van der Waals surface area contributed by atoms with E-state index in [0.29, 0.717) is 38.9 Å². The number of nitrogens with zero attached hydrogens (tertiary/aromatic N) is 1. The van der Waals surface area contributed by atoms with Gasteiger partial charge in [-0.1, -0.05) is 20.3 Å². The van der Waals surface area contributed by atoms with Gasteiger partial charge in [-0.05, 0) is 25.7 Å². The Balaban J connectivity index is 2.62. The molecule has 1 saturated heterocycles. The van der Waals surface area contributed by atoms with Gasteiger partial charge in [0.25, 0.3) is 0 Å². The van der Waals surface area contributed by atoms with E-state index in [4.69, 9.17) is 5.73 Å². The van der Waals surface area contributed by atoms with Gasteiger partial charge in [-0.15, -0.1) is 0 Å². The number of likely N-dealkylation sites (tertiary alicyclic amines) is 1. The van der Waals surface area contributed by atoms with Crippen molar-refractivity contribution in [2.24, 2.45) is 17.1 Å². The van der Waals surface area contributed by atoms with Gasteiger partial charge >= 0.3 is 5.97 Å². The van der Waals surface area contributed by atoms with E-state index in [1.54, 1.807) is 4.90 Å². The summed E-state index contributed by atoms with van der Waals surface area (Å²) in [6, 6.07) is 0. The Kier molecular flexibility index (Phi) is 5.79. The van der Waals surface area contributed by atoms with E-state index in [2.05, 4.69) is 0 Å². The third-order valence-corrected chi connectivity index (χ3v) is 4.43. The highest BCUT2D eigenvalue weighted by molar-refractivity contribution is 5.80. The summed E-state index contributed by atoms with van der Waals surface area (Å²) < 4.78 is 0. The fourth-order valence-corrected chi connectivity index (χ4v) is 2.82. The van der Waals surface area contributed by atoms with Gasteiger partial charge in [0.1, 0.15) is 0 Å². The number of amides is 1. The minimum absolute atomic E-state index is 0.0967. The SMILES string of the molecule is CCCC(CN)C(=O)N1CCC(CC)(C(=O)O)CC1. The van der Waals surface area contributed by atoms with Crippen molar-refractivity contribution in [2.45, 2.75) is 46.0 Å². The monoisotopic (exact) mass is 270 g/mol. The standard InChI is InChI=1S/C14H26N2O3/c1-3-5-11(10-15)12(17)16-8-6-14(4-2,7-9-16)13(18)19/h11H,3-10,15H2,1-2H3,(H,18,19). The largest absolute Gasteiger partial charge is 0.481 e. The molecule has 1 rings (SSSR count). The molecule has 5 heteroatoms. The third kappa shape index (κ3) is 3.47. The Morgan fingerprint density at radius 1 is 1.32 bits per heavy atom. The minimum Gasteiger partial charge on any atom is -0.481 e. The van der Waals surface area contributed by atoms with Crippen LogP contribution in [0.25, 0.3) is 0 Å². The normalized spacial score (nSPS) is 20.1. The topological polar surface area (TPSA) is 83.6 Å². The second kappa shape index (κ2) is 6.89. The number of carbonyl (C=O) groups excluding carboxylic acids is 1. The first-order chi connectivity index (χ1) is 9.00. The quantitative estimate of drug-likeness (QED) is 0.765. The summed E-state index contributed by atoms with van der Waals surface area (Å²) in [5.41, 5.74) is 5.01. The van der Waals surface area contributed by atoms with Gasteiger partial charge in [0.15, 0.2) is 0 Å². The molecule has 1 aliphatic rings. The molecule has 1 unspecified atom stereocenters. The number of carbonyl (C=O) groups is 2. The Hall–Kier alpha value is -1.10. The molecule has 0 bridgehead atoms. The Bertz CT molecular complexity index is 323. The highest BCUT2D eigenvalue weighted by Gasteiger charge is 2.41. The zero-order valence-corrected chi connectivity index (χ0v) is 12.0. The fourth-order valence-electron chi connectivity index (χ4n) is 2.82. The first kappa shape index (κ1) is 16.0. The van der Waals surface area contributed by atoms with Crippen molar-refractivity contribution in [3.8, 4) is 0 Å². The van der Waals surface area contributed by atoms with Crippen molar-refractivity contribution in [3.05, 3.63) is 0 Å². The Morgan fingerprint density at radius 2 is 1.89 bits per heavy atom. The van der Waals surface area contributed by atoms with E-state index in [1.165, 1.54) is 0 Å². The maximum atomic E-state index is 12.3. The third-order valence-electron chi connectivity index (χ3n) is 4.43. The van der Waals surface area contributed by atoms with Crippen LogP contribution in [0.15, 0.2) is 0 Å². The summed E-state index contributed by atoms with van der Waals surface area (Å²) in [5, 5.41) is 9.33. The van der Waals surface area contributed by atoms with Crippen molar-refractivity contribution in [2.75, 3.05) is 19.6 Å². The molecule has 5 nitrogen and oxygen atoms in total. The number of hydrogen-bond donors (Lipinski definition) is 2. The number of piperidine rings is 1. The maximum absolute atomic E-state index is 12.3. The smallest absolute Gasteiger partial charge is 0.309 e. The summed E-state index contributed by atoms with van der Waals surface area (Å²) in [6.07, 6.45) is 3.47. The van der Waals surface area contributed by atoms with Crippen LogP contribution >= 0.6 is 0 Å². The molecule has 0 spiro atoms. The van der Waals surface area contributed by atoms with E-state index < -0.39 is 11.4 Å². The van der Waals surface area contributed by atoms with Crippen molar-refractivity contribution in [3.63, 3.8) is 0 Å². The first-order valence-corrected chi connectivity index (χ1v) is 7.23. The van der Waals surface area contributed by atoms with E-state index in [9.17, 15) is 14.7 Å². The molecule has 1 amide bonds. The van der Waals surface area contributed by atoms with Gasteiger partial charge in [-0.25, -0.2) is 0 Å². The molecule has 0 aliphatic carbocycles.